The van der Waals surface area contributed by atoms with Crippen LogP contribution >= 0.6 is 0 Å². The minimum atomic E-state index is 0.0248. The van der Waals surface area contributed by atoms with Crippen LogP contribution in [0.25, 0.3) is 16.9 Å². The summed E-state index contributed by atoms with van der Waals surface area (Å²) in [7, 11) is 0. The summed E-state index contributed by atoms with van der Waals surface area (Å²) >= 11 is 0. The Labute approximate surface area is 126 Å². The summed E-state index contributed by atoms with van der Waals surface area (Å²) in [5, 5.41) is 35.8. The highest BCUT2D eigenvalue weighted by Gasteiger charge is 2.11. The molecule has 0 saturated carbocycles. The number of nitrogens with zero attached hydrogens (tertiary/aromatic N) is 5. The SMILES string of the molecule is N#Cc1cccc(-n2cc(-c3cc(C#N)ccc3O)nn2)c1. The van der Waals surface area contributed by atoms with E-state index in [1.165, 1.54) is 16.8 Å². The number of nitriles is 2. The van der Waals surface area contributed by atoms with Gasteiger partial charge in [-0.1, -0.05) is 11.3 Å². The minimum absolute atomic E-state index is 0.0248. The van der Waals surface area contributed by atoms with Crippen LogP contribution in [-0.2, 0) is 0 Å². The third-order valence-corrected chi connectivity index (χ3v) is 3.13. The largest absolute Gasteiger partial charge is 0.507 e. The van der Waals surface area contributed by atoms with E-state index >= 15 is 0 Å². The maximum absolute atomic E-state index is 9.92. The molecule has 104 valence electrons. The molecule has 22 heavy (non-hydrogen) atoms. The summed E-state index contributed by atoms with van der Waals surface area (Å²) in [6.45, 7) is 0. The van der Waals surface area contributed by atoms with E-state index in [1.54, 1.807) is 36.5 Å². The van der Waals surface area contributed by atoms with Gasteiger partial charge in [-0.15, -0.1) is 5.10 Å². The number of phenolic OH excluding ortho intramolecular Hbond substituents is 1. The van der Waals surface area contributed by atoms with Gasteiger partial charge in [0.15, 0.2) is 0 Å². The first-order chi connectivity index (χ1) is 10.7. The van der Waals surface area contributed by atoms with Crippen molar-refractivity contribution in [2.24, 2.45) is 0 Å². The van der Waals surface area contributed by atoms with Crippen molar-refractivity contribution in [2.75, 3.05) is 0 Å². The molecule has 0 fully saturated rings. The Hall–Kier alpha value is -3.64. The number of hydrogen-bond donors (Lipinski definition) is 1. The van der Waals surface area contributed by atoms with E-state index in [1.807, 2.05) is 6.07 Å². The maximum Gasteiger partial charge on any atom is 0.125 e. The summed E-state index contributed by atoms with van der Waals surface area (Å²) in [5.41, 5.74) is 2.50. The lowest BCUT2D eigenvalue weighted by molar-refractivity contribution is 0.477. The van der Waals surface area contributed by atoms with Crippen molar-refractivity contribution < 1.29 is 5.11 Å². The van der Waals surface area contributed by atoms with Crippen LogP contribution in [0.3, 0.4) is 0 Å². The van der Waals surface area contributed by atoms with E-state index in [4.69, 9.17) is 10.5 Å². The highest BCUT2D eigenvalue weighted by molar-refractivity contribution is 5.68. The zero-order chi connectivity index (χ0) is 15.5. The van der Waals surface area contributed by atoms with Crippen LogP contribution in [0.1, 0.15) is 11.1 Å². The van der Waals surface area contributed by atoms with Gasteiger partial charge in [-0.3, -0.25) is 0 Å². The first kappa shape index (κ1) is 13.3. The van der Waals surface area contributed by atoms with Crippen molar-refractivity contribution >= 4 is 0 Å². The molecule has 0 aliphatic heterocycles. The first-order valence-corrected chi connectivity index (χ1v) is 6.37. The van der Waals surface area contributed by atoms with Gasteiger partial charge >= 0.3 is 0 Å². The molecule has 0 bridgehead atoms. The molecule has 3 aromatic rings. The highest BCUT2D eigenvalue weighted by Crippen LogP contribution is 2.28. The first-order valence-electron chi connectivity index (χ1n) is 6.37. The lowest BCUT2D eigenvalue weighted by Crippen LogP contribution is -1.94. The second kappa shape index (κ2) is 5.39. The molecule has 0 amide bonds. The van der Waals surface area contributed by atoms with Gasteiger partial charge in [-0.25, -0.2) is 4.68 Å². The molecule has 6 heteroatoms. The zero-order valence-electron chi connectivity index (χ0n) is 11.3. The predicted octanol–water partition coefficient (Wildman–Crippen LogP) is 2.38. The molecule has 6 nitrogen and oxygen atoms in total. The van der Waals surface area contributed by atoms with Crippen molar-refractivity contribution in [2.45, 2.75) is 0 Å². The summed E-state index contributed by atoms with van der Waals surface area (Å²) in [6, 6.07) is 15.5. The van der Waals surface area contributed by atoms with Crippen LogP contribution in [-0.4, -0.2) is 20.1 Å². The van der Waals surface area contributed by atoms with Gasteiger partial charge in [0.2, 0.25) is 0 Å². The molecular formula is C16H9N5O. The molecule has 1 N–H and O–H groups in total. The van der Waals surface area contributed by atoms with Crippen molar-refractivity contribution in [1.82, 2.24) is 15.0 Å². The topological polar surface area (TPSA) is 98.5 Å². The van der Waals surface area contributed by atoms with E-state index in [9.17, 15) is 5.11 Å². The normalized spacial score (nSPS) is 9.91. The van der Waals surface area contributed by atoms with Gasteiger partial charge < -0.3 is 5.11 Å². The van der Waals surface area contributed by atoms with Crippen LogP contribution in [0.4, 0.5) is 0 Å². The van der Waals surface area contributed by atoms with Gasteiger partial charge in [0, 0.05) is 5.56 Å². The van der Waals surface area contributed by atoms with Crippen LogP contribution < -0.4 is 0 Å². The summed E-state index contributed by atoms with van der Waals surface area (Å²) in [6.07, 6.45) is 1.63. The molecule has 0 spiro atoms. The fourth-order valence-electron chi connectivity index (χ4n) is 2.04. The van der Waals surface area contributed by atoms with Crippen LogP contribution in [0.2, 0.25) is 0 Å². The maximum atomic E-state index is 9.92. The standard InChI is InChI=1S/C16H9N5O/c17-8-11-2-1-3-13(6-11)21-10-15(19-20-21)14-7-12(9-18)4-5-16(14)22/h1-7,10,22H. The van der Waals surface area contributed by atoms with E-state index in [0.29, 0.717) is 28.1 Å². The molecule has 0 unspecified atom stereocenters. The molecule has 3 rings (SSSR count). The Morgan fingerprint density at radius 1 is 1.00 bits per heavy atom. The molecule has 0 aliphatic carbocycles. The van der Waals surface area contributed by atoms with E-state index < -0.39 is 0 Å². The molecule has 2 aromatic carbocycles. The van der Waals surface area contributed by atoms with Gasteiger partial charge in [0.25, 0.3) is 0 Å². The molecule has 0 atom stereocenters. The fourth-order valence-corrected chi connectivity index (χ4v) is 2.04. The Balaban J connectivity index is 2.04. The van der Waals surface area contributed by atoms with E-state index in [-0.39, 0.29) is 5.75 Å². The van der Waals surface area contributed by atoms with Crippen molar-refractivity contribution in [3.05, 3.63) is 59.8 Å². The van der Waals surface area contributed by atoms with Crippen molar-refractivity contribution in [1.29, 1.82) is 10.5 Å². The zero-order valence-corrected chi connectivity index (χ0v) is 11.3. The monoisotopic (exact) mass is 287 g/mol. The molecule has 0 saturated heterocycles. The number of aromatic nitrogens is 3. The number of benzene rings is 2. The second-order valence-corrected chi connectivity index (χ2v) is 4.55. The Bertz CT molecular complexity index is 930. The van der Waals surface area contributed by atoms with Gasteiger partial charge in [0.1, 0.15) is 11.4 Å². The molecule has 1 aromatic heterocycles. The number of rotatable bonds is 2. The number of phenols is 1. The average Bonchev–Trinajstić information content (AvgIpc) is 3.05. The molecular weight excluding hydrogens is 278 g/mol. The van der Waals surface area contributed by atoms with Gasteiger partial charge in [-0.2, -0.15) is 10.5 Å². The predicted molar refractivity (Wildman–Crippen MR) is 77.9 cm³/mol. The Kier molecular flexibility index (Phi) is 3.27. The van der Waals surface area contributed by atoms with E-state index in [0.717, 1.165) is 0 Å². The molecule has 0 radical (unpaired) electrons. The lowest BCUT2D eigenvalue weighted by atomic mass is 10.1. The lowest BCUT2D eigenvalue weighted by Gasteiger charge is -2.01. The fraction of sp³-hybridized carbons (Fsp3) is 0. The smallest absolute Gasteiger partial charge is 0.125 e. The Morgan fingerprint density at radius 2 is 1.77 bits per heavy atom. The number of hydrogen-bond acceptors (Lipinski definition) is 5. The van der Waals surface area contributed by atoms with Crippen molar-refractivity contribution in [3.8, 4) is 34.8 Å². The van der Waals surface area contributed by atoms with Gasteiger partial charge in [0.05, 0.1) is 35.1 Å². The van der Waals surface area contributed by atoms with E-state index in [2.05, 4.69) is 16.4 Å². The van der Waals surface area contributed by atoms with Crippen LogP contribution in [0.5, 0.6) is 5.75 Å². The number of aromatic hydroxyl groups is 1. The summed E-state index contributed by atoms with van der Waals surface area (Å²) < 4.78 is 1.51. The molecule has 0 aliphatic rings. The quantitative estimate of drug-likeness (QED) is 0.780. The third-order valence-electron chi connectivity index (χ3n) is 3.13. The minimum Gasteiger partial charge on any atom is -0.507 e. The second-order valence-electron chi connectivity index (χ2n) is 4.55. The van der Waals surface area contributed by atoms with Crippen LogP contribution in [0, 0.1) is 22.7 Å². The summed E-state index contributed by atoms with van der Waals surface area (Å²) in [4.78, 5) is 0. The highest BCUT2D eigenvalue weighted by atomic mass is 16.3. The third kappa shape index (κ3) is 2.37. The van der Waals surface area contributed by atoms with Crippen LogP contribution in [0.15, 0.2) is 48.7 Å². The Morgan fingerprint density at radius 3 is 2.55 bits per heavy atom. The van der Waals surface area contributed by atoms with Crippen molar-refractivity contribution in [3.63, 3.8) is 0 Å². The summed E-state index contributed by atoms with van der Waals surface area (Å²) in [5.74, 6) is 0.0248. The molecule has 1 heterocycles. The van der Waals surface area contributed by atoms with Gasteiger partial charge in [-0.05, 0) is 36.4 Å². The average molecular weight is 287 g/mol.